The van der Waals surface area contributed by atoms with Crippen molar-refractivity contribution in [3.8, 4) is 0 Å². The molecule has 2 heterocycles. The largest absolute Gasteiger partial charge is 0.356 e. The van der Waals surface area contributed by atoms with E-state index in [4.69, 9.17) is 0 Å². The Morgan fingerprint density at radius 3 is 2.17 bits per heavy atom. The Balaban J connectivity index is 1.39. The fourth-order valence-electron chi connectivity index (χ4n) is 3.67. The molecule has 0 aromatic rings. The average Bonchev–Trinajstić information content (AvgIpc) is 2.93. The third kappa shape index (κ3) is 7.58. The zero-order chi connectivity index (χ0) is 22.1. The van der Waals surface area contributed by atoms with Crippen LogP contribution in [-0.4, -0.2) is 59.6 Å². The minimum Gasteiger partial charge on any atom is -0.356 e. The molecule has 0 unspecified atom stereocenters. The molecule has 7 heteroatoms. The van der Waals surface area contributed by atoms with Crippen molar-refractivity contribution >= 4 is 23.6 Å². The summed E-state index contributed by atoms with van der Waals surface area (Å²) in [5.74, 6) is 0.401. The van der Waals surface area contributed by atoms with Gasteiger partial charge in [-0.2, -0.15) is 0 Å². The fraction of sp³-hybridized carbons (Fsp3) is 0.739. The molecule has 30 heavy (non-hydrogen) atoms. The van der Waals surface area contributed by atoms with Gasteiger partial charge in [0.25, 0.3) is 11.8 Å². The minimum absolute atomic E-state index is 0.0369. The highest BCUT2D eigenvalue weighted by Gasteiger charge is 2.37. The van der Waals surface area contributed by atoms with Crippen molar-refractivity contribution in [2.45, 2.75) is 72.1 Å². The Bertz CT molecular complexity index is 642. The monoisotopic (exact) mass is 419 g/mol. The average molecular weight is 420 g/mol. The van der Waals surface area contributed by atoms with Gasteiger partial charge < -0.3 is 10.2 Å². The number of carbonyl (C=O) groups is 4. The number of unbranched alkanes of at least 4 members (excludes halogenated alkanes) is 4. The molecule has 0 aliphatic carbocycles. The first-order valence-electron chi connectivity index (χ1n) is 11.3. The summed E-state index contributed by atoms with van der Waals surface area (Å²) in [6, 6.07) is 0. The molecule has 0 spiro atoms. The van der Waals surface area contributed by atoms with Crippen LogP contribution in [0.5, 0.6) is 0 Å². The van der Waals surface area contributed by atoms with Gasteiger partial charge in [-0.15, -0.1) is 0 Å². The van der Waals surface area contributed by atoms with Gasteiger partial charge in [-0.05, 0) is 37.0 Å². The van der Waals surface area contributed by atoms with E-state index in [9.17, 15) is 19.2 Å². The van der Waals surface area contributed by atoms with E-state index in [0.29, 0.717) is 38.3 Å². The van der Waals surface area contributed by atoms with Crippen molar-refractivity contribution in [2.75, 3.05) is 26.2 Å². The molecule has 0 bridgehead atoms. The van der Waals surface area contributed by atoms with Gasteiger partial charge in [0, 0.05) is 51.2 Å². The van der Waals surface area contributed by atoms with Gasteiger partial charge in [0.15, 0.2) is 0 Å². The Hall–Kier alpha value is -2.18. The molecule has 0 saturated carbocycles. The number of carbonyl (C=O) groups excluding carboxylic acids is 4. The maximum atomic E-state index is 12.1. The van der Waals surface area contributed by atoms with Crippen LogP contribution in [0.3, 0.4) is 0 Å². The summed E-state index contributed by atoms with van der Waals surface area (Å²) < 4.78 is 0. The summed E-state index contributed by atoms with van der Waals surface area (Å²) in [6.45, 7) is 9.52. The van der Waals surface area contributed by atoms with Crippen molar-refractivity contribution in [2.24, 2.45) is 11.3 Å². The zero-order valence-electron chi connectivity index (χ0n) is 18.7. The molecule has 0 radical (unpaired) electrons. The molecule has 4 amide bonds. The summed E-state index contributed by atoms with van der Waals surface area (Å²) >= 11 is 0. The summed E-state index contributed by atoms with van der Waals surface area (Å²) in [5.41, 5.74) is 0.276. The summed E-state index contributed by atoms with van der Waals surface area (Å²) in [7, 11) is 0. The molecule has 168 valence electrons. The van der Waals surface area contributed by atoms with E-state index in [-0.39, 0.29) is 29.0 Å². The molecule has 1 fully saturated rings. The lowest BCUT2D eigenvalue weighted by Gasteiger charge is -2.46. The molecule has 0 aromatic heterocycles. The van der Waals surface area contributed by atoms with Crippen molar-refractivity contribution in [3.63, 3.8) is 0 Å². The first kappa shape index (κ1) is 24.1. The van der Waals surface area contributed by atoms with Gasteiger partial charge in [-0.25, -0.2) is 0 Å². The van der Waals surface area contributed by atoms with E-state index in [2.05, 4.69) is 26.1 Å². The second kappa shape index (κ2) is 11.3. The minimum atomic E-state index is -0.251. The topological polar surface area (TPSA) is 86.8 Å². The maximum Gasteiger partial charge on any atom is 0.253 e. The third-order valence-electron chi connectivity index (χ3n) is 6.03. The van der Waals surface area contributed by atoms with Crippen molar-refractivity contribution < 1.29 is 19.2 Å². The van der Waals surface area contributed by atoms with Crippen molar-refractivity contribution in [3.05, 3.63) is 12.2 Å². The zero-order valence-corrected chi connectivity index (χ0v) is 18.7. The maximum absolute atomic E-state index is 12.1. The van der Waals surface area contributed by atoms with Gasteiger partial charge in [-0.3, -0.25) is 24.1 Å². The molecule has 1 N–H and O–H groups in total. The molecule has 0 aromatic carbocycles. The van der Waals surface area contributed by atoms with Gasteiger partial charge in [0.1, 0.15) is 0 Å². The standard InChI is InChI=1S/C23H37N3O4/c1-23(2,3)18-16-25(17-18)20(28)11-7-4-8-14-24-19(27)10-6-5-9-15-26-21(29)12-13-22(26)30/h12-13,18H,4-11,14-17H2,1-3H3,(H,24,27). The highest BCUT2D eigenvalue weighted by atomic mass is 16.2. The lowest BCUT2D eigenvalue weighted by molar-refractivity contribution is -0.140. The number of amides is 4. The number of likely N-dealkylation sites (tertiary alicyclic amines) is 1. The quantitative estimate of drug-likeness (QED) is 0.389. The van der Waals surface area contributed by atoms with Crippen LogP contribution in [0.1, 0.15) is 72.1 Å². The van der Waals surface area contributed by atoms with Crippen LogP contribution in [0.15, 0.2) is 12.2 Å². The van der Waals surface area contributed by atoms with Crippen molar-refractivity contribution in [1.29, 1.82) is 0 Å². The lowest BCUT2D eigenvalue weighted by atomic mass is 9.76. The van der Waals surface area contributed by atoms with Crippen LogP contribution in [0, 0.1) is 11.3 Å². The number of imide groups is 1. The van der Waals surface area contributed by atoms with E-state index >= 15 is 0 Å². The van der Waals surface area contributed by atoms with E-state index in [1.165, 1.54) is 17.1 Å². The molecule has 1 saturated heterocycles. The molecule has 0 atom stereocenters. The van der Waals surface area contributed by atoms with Crippen molar-refractivity contribution in [1.82, 2.24) is 15.1 Å². The van der Waals surface area contributed by atoms with Gasteiger partial charge in [0.2, 0.25) is 11.8 Å². The molecule has 2 aliphatic heterocycles. The summed E-state index contributed by atoms with van der Waals surface area (Å²) in [6.07, 6.45) is 8.60. The molecule has 7 nitrogen and oxygen atoms in total. The number of hydrogen-bond acceptors (Lipinski definition) is 4. The van der Waals surface area contributed by atoms with Crippen LogP contribution in [0.4, 0.5) is 0 Å². The fourth-order valence-corrected chi connectivity index (χ4v) is 3.67. The smallest absolute Gasteiger partial charge is 0.253 e. The van der Waals surface area contributed by atoms with Gasteiger partial charge in [0.05, 0.1) is 0 Å². The van der Waals surface area contributed by atoms with Gasteiger partial charge in [-0.1, -0.05) is 33.6 Å². The Morgan fingerprint density at radius 2 is 1.53 bits per heavy atom. The predicted molar refractivity (Wildman–Crippen MR) is 115 cm³/mol. The van der Waals surface area contributed by atoms with Crippen LogP contribution in [0.25, 0.3) is 0 Å². The normalized spacial score (nSPS) is 16.9. The number of rotatable bonds is 12. The van der Waals surface area contributed by atoms with E-state index in [0.717, 1.165) is 45.2 Å². The summed E-state index contributed by atoms with van der Waals surface area (Å²) in [4.78, 5) is 50.0. The first-order valence-corrected chi connectivity index (χ1v) is 11.3. The number of hydrogen-bond donors (Lipinski definition) is 1. The number of nitrogens with zero attached hydrogens (tertiary/aromatic N) is 2. The summed E-state index contributed by atoms with van der Waals surface area (Å²) in [5, 5.41) is 2.92. The second-order valence-electron chi connectivity index (χ2n) is 9.49. The van der Waals surface area contributed by atoms with E-state index in [1.54, 1.807) is 0 Å². The van der Waals surface area contributed by atoms with Crippen LogP contribution in [0.2, 0.25) is 0 Å². The Kier molecular flexibility index (Phi) is 9.06. The first-order chi connectivity index (χ1) is 14.2. The SMILES string of the molecule is CC(C)(C)C1CN(C(=O)CCCCCNC(=O)CCCCCN2C(=O)C=CC2=O)C1. The van der Waals surface area contributed by atoms with Crippen LogP contribution >= 0.6 is 0 Å². The molecular formula is C23H37N3O4. The molecular weight excluding hydrogens is 382 g/mol. The third-order valence-corrected chi connectivity index (χ3v) is 6.03. The van der Waals surface area contributed by atoms with Gasteiger partial charge >= 0.3 is 0 Å². The lowest BCUT2D eigenvalue weighted by Crippen LogP contribution is -2.54. The number of nitrogens with one attached hydrogen (secondary N) is 1. The highest BCUT2D eigenvalue weighted by Crippen LogP contribution is 2.33. The Morgan fingerprint density at radius 1 is 0.933 bits per heavy atom. The second-order valence-corrected chi connectivity index (χ2v) is 9.49. The van der Waals surface area contributed by atoms with Crippen LogP contribution in [-0.2, 0) is 19.2 Å². The predicted octanol–water partition coefficient (Wildman–Crippen LogP) is 2.65. The molecule has 2 aliphatic rings. The highest BCUT2D eigenvalue weighted by molar-refractivity contribution is 6.12. The molecule has 2 rings (SSSR count). The van der Waals surface area contributed by atoms with E-state index in [1.807, 2.05) is 4.90 Å². The Labute approximate surface area is 180 Å². The van der Waals surface area contributed by atoms with Crippen LogP contribution < -0.4 is 5.32 Å². The van der Waals surface area contributed by atoms with E-state index < -0.39 is 0 Å².